The highest BCUT2D eigenvalue weighted by molar-refractivity contribution is 5.94. The molecule has 2 N–H and O–H groups in total. The number of anilines is 1. The highest BCUT2D eigenvalue weighted by Gasteiger charge is 2.35. The number of carbonyl (C=O) groups is 1. The smallest absolute Gasteiger partial charge is 0.229 e. The molecule has 25 heavy (non-hydrogen) atoms. The molecule has 5 nitrogen and oxygen atoms in total. The fourth-order valence-electron chi connectivity index (χ4n) is 4.06. The van der Waals surface area contributed by atoms with Gasteiger partial charge in [-0.2, -0.15) is 5.10 Å². The fourth-order valence-corrected chi connectivity index (χ4v) is 4.06. The molecule has 2 aromatic rings. The Hall–Kier alpha value is -1.85. The van der Waals surface area contributed by atoms with Crippen molar-refractivity contribution < 1.29 is 4.79 Å². The summed E-state index contributed by atoms with van der Waals surface area (Å²) in [6.07, 6.45) is 8.55. The van der Waals surface area contributed by atoms with Crippen LogP contribution < -0.4 is 10.6 Å². The van der Waals surface area contributed by atoms with Gasteiger partial charge in [0.05, 0.1) is 12.1 Å². The molecule has 0 saturated carbocycles. The van der Waals surface area contributed by atoms with Crippen LogP contribution in [0.1, 0.15) is 35.4 Å². The lowest BCUT2D eigenvalue weighted by Crippen LogP contribution is -2.28. The number of amides is 1. The van der Waals surface area contributed by atoms with Gasteiger partial charge >= 0.3 is 0 Å². The second-order valence-corrected chi connectivity index (χ2v) is 6.96. The molecule has 1 aliphatic carbocycles. The van der Waals surface area contributed by atoms with E-state index >= 15 is 0 Å². The van der Waals surface area contributed by atoms with Gasteiger partial charge in [-0.05, 0) is 48.4 Å². The van der Waals surface area contributed by atoms with E-state index in [9.17, 15) is 4.79 Å². The Morgan fingerprint density at radius 1 is 1.28 bits per heavy atom. The third kappa shape index (κ3) is 3.58. The van der Waals surface area contributed by atoms with Crippen molar-refractivity contribution in [2.45, 2.75) is 31.6 Å². The van der Waals surface area contributed by atoms with Crippen LogP contribution in [0.2, 0.25) is 0 Å². The van der Waals surface area contributed by atoms with E-state index in [1.54, 1.807) is 4.68 Å². The van der Waals surface area contributed by atoms with Gasteiger partial charge in [-0.15, -0.1) is 12.4 Å². The first-order chi connectivity index (χ1) is 11.7. The van der Waals surface area contributed by atoms with Gasteiger partial charge in [0.15, 0.2) is 0 Å². The summed E-state index contributed by atoms with van der Waals surface area (Å²) in [6, 6.07) is 6.30. The fraction of sp³-hybridized carbons (Fsp3) is 0.474. The van der Waals surface area contributed by atoms with Crippen LogP contribution in [-0.4, -0.2) is 28.8 Å². The van der Waals surface area contributed by atoms with Gasteiger partial charge in [-0.25, -0.2) is 0 Å². The molecule has 2 atom stereocenters. The minimum atomic E-state index is -0.0475. The molecule has 0 radical (unpaired) electrons. The zero-order valence-corrected chi connectivity index (χ0v) is 15.3. The summed E-state index contributed by atoms with van der Waals surface area (Å²) >= 11 is 0. The van der Waals surface area contributed by atoms with Crippen LogP contribution in [0.25, 0.3) is 0 Å². The molecule has 1 aliphatic heterocycles. The highest BCUT2D eigenvalue weighted by atomic mass is 35.5. The molecule has 2 heterocycles. The molecule has 6 heteroatoms. The third-order valence-corrected chi connectivity index (χ3v) is 5.36. The average Bonchev–Trinajstić information content (AvgIpc) is 3.24. The van der Waals surface area contributed by atoms with Crippen molar-refractivity contribution in [3.8, 4) is 0 Å². The monoisotopic (exact) mass is 360 g/mol. The van der Waals surface area contributed by atoms with Crippen LogP contribution in [0, 0.1) is 5.92 Å². The number of aromatic nitrogens is 2. The number of hydrogen-bond donors (Lipinski definition) is 2. The molecule has 0 unspecified atom stereocenters. The van der Waals surface area contributed by atoms with Gasteiger partial charge in [-0.1, -0.05) is 12.1 Å². The molecular weight excluding hydrogens is 336 g/mol. The largest absolute Gasteiger partial charge is 0.326 e. The molecule has 1 aromatic carbocycles. The van der Waals surface area contributed by atoms with Crippen LogP contribution in [0.5, 0.6) is 0 Å². The summed E-state index contributed by atoms with van der Waals surface area (Å²) in [7, 11) is 1.91. The Labute approximate surface area is 154 Å². The first-order valence-corrected chi connectivity index (χ1v) is 8.83. The quantitative estimate of drug-likeness (QED) is 0.884. The van der Waals surface area contributed by atoms with E-state index in [0.29, 0.717) is 0 Å². The number of fused-ring (bicyclic) bond motifs is 1. The van der Waals surface area contributed by atoms with Gasteiger partial charge in [-0.3, -0.25) is 9.48 Å². The minimum Gasteiger partial charge on any atom is -0.326 e. The van der Waals surface area contributed by atoms with Gasteiger partial charge in [0.1, 0.15) is 0 Å². The molecule has 134 valence electrons. The third-order valence-electron chi connectivity index (χ3n) is 5.36. The Morgan fingerprint density at radius 3 is 2.92 bits per heavy atom. The second-order valence-electron chi connectivity index (χ2n) is 6.96. The predicted octanol–water partition coefficient (Wildman–Crippen LogP) is 2.66. The second kappa shape index (κ2) is 7.58. The summed E-state index contributed by atoms with van der Waals surface area (Å²) in [5.74, 6) is 0.264. The molecule has 1 saturated heterocycles. The van der Waals surface area contributed by atoms with Crippen molar-refractivity contribution >= 4 is 24.0 Å². The maximum absolute atomic E-state index is 12.9. The molecule has 0 spiro atoms. The van der Waals surface area contributed by atoms with E-state index in [2.05, 4.69) is 27.9 Å². The van der Waals surface area contributed by atoms with Crippen molar-refractivity contribution in [1.29, 1.82) is 0 Å². The molecular formula is C19H25ClN4O. The number of halogens is 1. The molecule has 1 aromatic heterocycles. The van der Waals surface area contributed by atoms with E-state index in [-0.39, 0.29) is 30.2 Å². The number of hydrogen-bond acceptors (Lipinski definition) is 3. The molecule has 0 bridgehead atoms. The lowest BCUT2D eigenvalue weighted by atomic mass is 9.88. The van der Waals surface area contributed by atoms with Gasteiger partial charge in [0.2, 0.25) is 5.91 Å². The molecule has 2 aliphatic rings. The van der Waals surface area contributed by atoms with Crippen LogP contribution in [0.15, 0.2) is 30.6 Å². The summed E-state index contributed by atoms with van der Waals surface area (Å²) in [5, 5.41) is 10.8. The molecule has 4 rings (SSSR count). The summed E-state index contributed by atoms with van der Waals surface area (Å²) in [5.41, 5.74) is 4.88. The number of rotatable bonds is 3. The molecule has 1 amide bonds. The van der Waals surface area contributed by atoms with E-state index in [1.165, 1.54) is 24.0 Å². The number of aryl methyl sites for hydroxylation is 2. The Morgan fingerprint density at radius 2 is 2.12 bits per heavy atom. The summed E-state index contributed by atoms with van der Waals surface area (Å²) in [4.78, 5) is 12.9. The maximum atomic E-state index is 12.9. The Bertz CT molecular complexity index is 758. The number of nitrogens with one attached hydrogen (secondary N) is 2. The van der Waals surface area contributed by atoms with Crippen LogP contribution >= 0.6 is 12.4 Å². The minimum absolute atomic E-state index is 0. The number of benzene rings is 1. The van der Waals surface area contributed by atoms with Crippen molar-refractivity contribution in [3.63, 3.8) is 0 Å². The van der Waals surface area contributed by atoms with E-state index < -0.39 is 0 Å². The van der Waals surface area contributed by atoms with Crippen LogP contribution in [0.3, 0.4) is 0 Å². The van der Waals surface area contributed by atoms with Crippen molar-refractivity contribution in [2.75, 3.05) is 18.4 Å². The van der Waals surface area contributed by atoms with Gasteiger partial charge in [0, 0.05) is 37.9 Å². The van der Waals surface area contributed by atoms with E-state index in [4.69, 9.17) is 0 Å². The topological polar surface area (TPSA) is 59.0 Å². The summed E-state index contributed by atoms with van der Waals surface area (Å²) in [6.45, 7) is 1.55. The number of carbonyl (C=O) groups excluding carboxylic acids is 1. The average molecular weight is 361 g/mol. The lowest BCUT2D eigenvalue weighted by Gasteiger charge is -2.22. The standard InChI is InChI=1S/C19H24N4O.ClH/c1-23-12-14(9-21-23)16-10-20-11-17(16)19(24)22-18-8-4-6-13-5-2-3-7-15(13)18;/h4,6,8-9,12,16-17,20H,2-3,5,7,10-11H2,1H3,(H,22,24);1H/t16-,17+;/m1./s1. The zero-order chi connectivity index (χ0) is 16.5. The Kier molecular flexibility index (Phi) is 5.45. The number of nitrogens with zero attached hydrogens (tertiary/aromatic N) is 2. The van der Waals surface area contributed by atoms with Crippen LogP contribution in [-0.2, 0) is 24.7 Å². The maximum Gasteiger partial charge on any atom is 0.229 e. The van der Waals surface area contributed by atoms with Gasteiger partial charge < -0.3 is 10.6 Å². The van der Waals surface area contributed by atoms with Gasteiger partial charge in [0.25, 0.3) is 0 Å². The first kappa shape index (κ1) is 18.0. The first-order valence-electron chi connectivity index (χ1n) is 8.83. The Balaban J connectivity index is 0.00000182. The SMILES string of the molecule is Cl.Cn1cc([C@H]2CNC[C@@H]2C(=O)Nc2cccc3c2CCCC3)cn1. The summed E-state index contributed by atoms with van der Waals surface area (Å²) < 4.78 is 1.80. The highest BCUT2D eigenvalue weighted by Crippen LogP contribution is 2.31. The zero-order valence-electron chi connectivity index (χ0n) is 14.5. The normalized spacial score (nSPS) is 22.1. The van der Waals surface area contributed by atoms with Crippen molar-refractivity contribution in [2.24, 2.45) is 13.0 Å². The lowest BCUT2D eigenvalue weighted by molar-refractivity contribution is -0.119. The van der Waals surface area contributed by atoms with E-state index in [0.717, 1.165) is 37.2 Å². The van der Waals surface area contributed by atoms with Crippen molar-refractivity contribution in [1.82, 2.24) is 15.1 Å². The van der Waals surface area contributed by atoms with Crippen molar-refractivity contribution in [3.05, 3.63) is 47.3 Å². The van der Waals surface area contributed by atoms with E-state index in [1.807, 2.05) is 25.5 Å². The van der Waals surface area contributed by atoms with Crippen LogP contribution in [0.4, 0.5) is 5.69 Å². The predicted molar refractivity (Wildman–Crippen MR) is 101 cm³/mol. The molecule has 1 fully saturated rings.